The second kappa shape index (κ2) is 11.5. The highest BCUT2D eigenvalue weighted by Crippen LogP contribution is 2.16. The number of hydrogen-bond acceptors (Lipinski definition) is 5. The van der Waals surface area contributed by atoms with Gasteiger partial charge in [-0.2, -0.15) is 0 Å². The number of nitrogens with one attached hydrogen (secondary N) is 3. The summed E-state index contributed by atoms with van der Waals surface area (Å²) < 4.78 is 0.871. The fourth-order valence-electron chi connectivity index (χ4n) is 3.91. The highest BCUT2D eigenvalue weighted by Gasteiger charge is 2.32. The number of rotatable bonds is 10. The van der Waals surface area contributed by atoms with Gasteiger partial charge in [0.25, 0.3) is 5.56 Å². The van der Waals surface area contributed by atoms with Gasteiger partial charge < -0.3 is 20.7 Å². The SMILES string of the molecule is CCC(C)C(NC(=O)C(Cc1ccccc1)n1c(=O)[nH]c2ccccc2c1=O)C(=O)NC(C)C(=O)O. The molecule has 4 N–H and O–H groups in total. The number of amides is 2. The average Bonchev–Trinajstić information content (AvgIpc) is 2.86. The molecule has 4 unspecified atom stereocenters. The zero-order valence-corrected chi connectivity index (χ0v) is 20.4. The van der Waals surface area contributed by atoms with Gasteiger partial charge in [0.1, 0.15) is 18.1 Å². The molecule has 4 atom stereocenters. The normalized spacial score (nSPS) is 14.4. The van der Waals surface area contributed by atoms with E-state index in [-0.39, 0.29) is 17.7 Å². The fourth-order valence-corrected chi connectivity index (χ4v) is 3.91. The molecule has 0 bridgehead atoms. The van der Waals surface area contributed by atoms with E-state index in [0.717, 1.165) is 4.57 Å². The number of nitrogens with zero attached hydrogens (tertiary/aromatic N) is 1. The lowest BCUT2D eigenvalue weighted by Gasteiger charge is -2.27. The maximum absolute atomic E-state index is 13.6. The molecule has 10 nitrogen and oxygen atoms in total. The average molecular weight is 495 g/mol. The second-order valence-electron chi connectivity index (χ2n) is 8.80. The standard InChI is InChI=1S/C26H30N4O6/c1-4-15(2)21(23(32)27-16(3)25(34)35)29-22(31)20(14-17-10-6-5-7-11-17)30-24(33)18-12-8-9-13-19(18)28-26(30)36/h5-13,15-16,20-21H,4,14H2,1-3H3,(H,27,32)(H,28,36)(H,29,31)(H,34,35). The van der Waals surface area contributed by atoms with Crippen LogP contribution in [0.2, 0.25) is 0 Å². The lowest BCUT2D eigenvalue weighted by atomic mass is 9.96. The maximum atomic E-state index is 13.6. The molecule has 2 aromatic carbocycles. The number of H-pyrrole nitrogens is 1. The van der Waals surface area contributed by atoms with Crippen LogP contribution >= 0.6 is 0 Å². The van der Waals surface area contributed by atoms with Gasteiger partial charge in [0.05, 0.1) is 10.9 Å². The largest absolute Gasteiger partial charge is 0.480 e. The van der Waals surface area contributed by atoms with Crippen LogP contribution in [0, 0.1) is 5.92 Å². The van der Waals surface area contributed by atoms with Crippen molar-refractivity contribution in [3.8, 4) is 0 Å². The molecule has 3 aromatic rings. The predicted molar refractivity (Wildman–Crippen MR) is 135 cm³/mol. The van der Waals surface area contributed by atoms with Gasteiger partial charge in [-0.3, -0.25) is 19.2 Å². The predicted octanol–water partition coefficient (Wildman–Crippen LogP) is 1.59. The van der Waals surface area contributed by atoms with Crippen molar-refractivity contribution in [1.29, 1.82) is 0 Å². The van der Waals surface area contributed by atoms with E-state index in [1.54, 1.807) is 61.5 Å². The number of hydrogen-bond donors (Lipinski definition) is 4. The van der Waals surface area contributed by atoms with Crippen LogP contribution in [0.5, 0.6) is 0 Å². The quantitative estimate of drug-likeness (QED) is 0.336. The molecule has 0 radical (unpaired) electrons. The van der Waals surface area contributed by atoms with Crippen molar-refractivity contribution >= 4 is 28.7 Å². The van der Waals surface area contributed by atoms with E-state index in [2.05, 4.69) is 15.6 Å². The van der Waals surface area contributed by atoms with Gasteiger partial charge in [-0.05, 0) is 30.5 Å². The molecule has 0 aliphatic heterocycles. The number of carboxylic acid groups (broad SMARTS) is 1. The van der Waals surface area contributed by atoms with Crippen LogP contribution in [0.1, 0.15) is 38.8 Å². The van der Waals surface area contributed by atoms with Crippen molar-refractivity contribution in [1.82, 2.24) is 20.2 Å². The Kier molecular flexibility index (Phi) is 8.42. The summed E-state index contributed by atoms with van der Waals surface area (Å²) in [6.07, 6.45) is 0.536. The summed E-state index contributed by atoms with van der Waals surface area (Å²) in [5, 5.41) is 14.5. The number of aromatic nitrogens is 2. The third-order valence-electron chi connectivity index (χ3n) is 6.25. The third-order valence-corrected chi connectivity index (χ3v) is 6.25. The molecule has 0 saturated carbocycles. The Morgan fingerprint density at radius 3 is 2.22 bits per heavy atom. The summed E-state index contributed by atoms with van der Waals surface area (Å²) in [5.41, 5.74) is -0.323. The minimum Gasteiger partial charge on any atom is -0.480 e. The van der Waals surface area contributed by atoms with Gasteiger partial charge >= 0.3 is 11.7 Å². The Hall–Kier alpha value is -4.21. The first-order chi connectivity index (χ1) is 17.1. The Bertz CT molecular complexity index is 1360. The van der Waals surface area contributed by atoms with Crippen LogP contribution in [-0.4, -0.2) is 44.5 Å². The first-order valence-electron chi connectivity index (χ1n) is 11.7. The molecule has 10 heteroatoms. The zero-order valence-electron chi connectivity index (χ0n) is 20.4. The van der Waals surface area contributed by atoms with Gasteiger partial charge in [0.2, 0.25) is 11.8 Å². The van der Waals surface area contributed by atoms with Crippen molar-refractivity contribution in [2.45, 2.75) is 51.7 Å². The molecule has 36 heavy (non-hydrogen) atoms. The molecule has 0 fully saturated rings. The van der Waals surface area contributed by atoms with E-state index >= 15 is 0 Å². The summed E-state index contributed by atoms with van der Waals surface area (Å²) in [7, 11) is 0. The van der Waals surface area contributed by atoms with E-state index in [9.17, 15) is 24.0 Å². The molecular weight excluding hydrogens is 464 g/mol. The maximum Gasteiger partial charge on any atom is 0.329 e. The number of carboxylic acids is 1. The van der Waals surface area contributed by atoms with Crippen molar-refractivity contribution in [3.05, 3.63) is 81.0 Å². The molecule has 0 aliphatic carbocycles. The third kappa shape index (κ3) is 5.88. The van der Waals surface area contributed by atoms with Gasteiger partial charge in [-0.15, -0.1) is 0 Å². The van der Waals surface area contributed by atoms with Crippen molar-refractivity contribution in [2.24, 2.45) is 5.92 Å². The number of fused-ring (bicyclic) bond motifs is 1. The minimum absolute atomic E-state index is 0.0222. The first-order valence-corrected chi connectivity index (χ1v) is 11.7. The van der Waals surface area contributed by atoms with Crippen LogP contribution in [0.25, 0.3) is 10.9 Å². The van der Waals surface area contributed by atoms with Gasteiger partial charge in [-0.1, -0.05) is 62.7 Å². The van der Waals surface area contributed by atoms with Crippen LogP contribution in [0.4, 0.5) is 0 Å². The van der Waals surface area contributed by atoms with Gasteiger partial charge in [-0.25, -0.2) is 9.36 Å². The fraction of sp³-hybridized carbons (Fsp3) is 0.346. The summed E-state index contributed by atoms with van der Waals surface area (Å²) in [5.74, 6) is -2.93. The number of aliphatic carboxylic acids is 1. The molecule has 0 saturated heterocycles. The van der Waals surface area contributed by atoms with Crippen LogP contribution < -0.4 is 21.9 Å². The van der Waals surface area contributed by atoms with Crippen molar-refractivity contribution < 1.29 is 19.5 Å². The lowest BCUT2D eigenvalue weighted by Crippen LogP contribution is -2.56. The number of carbonyl (C=O) groups excluding carboxylic acids is 2. The molecule has 2 amide bonds. The molecule has 1 heterocycles. The number of para-hydroxylation sites is 1. The van der Waals surface area contributed by atoms with Crippen LogP contribution in [0.3, 0.4) is 0 Å². The first kappa shape index (κ1) is 26.4. The second-order valence-corrected chi connectivity index (χ2v) is 8.80. The van der Waals surface area contributed by atoms with Gasteiger partial charge in [0, 0.05) is 6.42 Å². The Balaban J connectivity index is 2.05. The summed E-state index contributed by atoms with van der Waals surface area (Å²) in [6, 6.07) is 11.9. The van der Waals surface area contributed by atoms with E-state index < -0.39 is 47.2 Å². The van der Waals surface area contributed by atoms with E-state index in [1.807, 2.05) is 6.92 Å². The van der Waals surface area contributed by atoms with Crippen molar-refractivity contribution in [2.75, 3.05) is 0 Å². The molecule has 0 aliphatic rings. The van der Waals surface area contributed by atoms with E-state index in [1.165, 1.54) is 6.92 Å². The monoisotopic (exact) mass is 494 g/mol. The molecule has 3 rings (SSSR count). The summed E-state index contributed by atoms with van der Waals surface area (Å²) >= 11 is 0. The highest BCUT2D eigenvalue weighted by atomic mass is 16.4. The Morgan fingerprint density at radius 1 is 0.944 bits per heavy atom. The van der Waals surface area contributed by atoms with Gasteiger partial charge in [0.15, 0.2) is 0 Å². The molecule has 0 spiro atoms. The molecule has 1 aromatic heterocycles. The lowest BCUT2D eigenvalue weighted by molar-refractivity contribution is -0.142. The Morgan fingerprint density at radius 2 is 1.58 bits per heavy atom. The smallest absolute Gasteiger partial charge is 0.329 e. The molecular formula is C26H30N4O6. The van der Waals surface area contributed by atoms with E-state index in [0.29, 0.717) is 17.5 Å². The number of benzene rings is 2. The number of aromatic amines is 1. The summed E-state index contributed by atoms with van der Waals surface area (Å²) in [6.45, 7) is 4.90. The van der Waals surface area contributed by atoms with Crippen LogP contribution in [0.15, 0.2) is 64.2 Å². The summed E-state index contributed by atoms with van der Waals surface area (Å²) in [4.78, 5) is 66.7. The molecule has 190 valence electrons. The number of carbonyl (C=O) groups is 3. The van der Waals surface area contributed by atoms with E-state index in [4.69, 9.17) is 5.11 Å². The minimum atomic E-state index is -1.26. The van der Waals surface area contributed by atoms with Crippen molar-refractivity contribution in [3.63, 3.8) is 0 Å². The Labute approximate surface area is 207 Å². The highest BCUT2D eigenvalue weighted by molar-refractivity contribution is 5.91. The zero-order chi connectivity index (χ0) is 26.4. The van der Waals surface area contributed by atoms with Crippen LogP contribution in [-0.2, 0) is 20.8 Å². The topological polar surface area (TPSA) is 150 Å².